The Morgan fingerprint density at radius 1 is 1.38 bits per heavy atom. The van der Waals surface area contributed by atoms with Gasteiger partial charge in [-0.2, -0.15) is 0 Å². The molecular formula is C10H8Br2S. The van der Waals surface area contributed by atoms with Gasteiger partial charge in [0, 0.05) is 13.6 Å². The van der Waals surface area contributed by atoms with Crippen LogP contribution in [-0.2, 0) is 6.42 Å². The van der Waals surface area contributed by atoms with E-state index in [1.165, 1.54) is 24.6 Å². The first-order valence-corrected chi connectivity index (χ1v) is 6.54. The summed E-state index contributed by atoms with van der Waals surface area (Å²) in [5, 5.41) is 3.43. The molecule has 3 heteroatoms. The van der Waals surface area contributed by atoms with Gasteiger partial charge in [-0.1, -0.05) is 22.9 Å². The van der Waals surface area contributed by atoms with Gasteiger partial charge < -0.3 is 0 Å². The number of thiophene rings is 1. The molecule has 0 unspecified atom stereocenters. The van der Waals surface area contributed by atoms with E-state index in [-0.39, 0.29) is 0 Å². The first-order valence-electron chi connectivity index (χ1n) is 4.08. The Morgan fingerprint density at radius 3 is 2.85 bits per heavy atom. The Morgan fingerprint density at radius 2 is 2.15 bits per heavy atom. The van der Waals surface area contributed by atoms with Crippen molar-refractivity contribution in [1.29, 1.82) is 0 Å². The number of hydrogen-bond donors (Lipinski definition) is 0. The van der Waals surface area contributed by atoms with Crippen molar-refractivity contribution in [1.82, 2.24) is 0 Å². The lowest BCUT2D eigenvalue weighted by atomic mass is 10.1. The summed E-state index contributed by atoms with van der Waals surface area (Å²) < 4.78 is 3.79. The monoisotopic (exact) mass is 318 g/mol. The molecule has 1 heterocycles. The normalized spacial score (nSPS) is 11.0. The molecule has 0 aliphatic rings. The number of benzene rings is 1. The number of halogens is 2. The van der Waals surface area contributed by atoms with Gasteiger partial charge >= 0.3 is 0 Å². The highest BCUT2D eigenvalue weighted by Gasteiger charge is 2.08. The van der Waals surface area contributed by atoms with Crippen LogP contribution in [0.3, 0.4) is 0 Å². The van der Waals surface area contributed by atoms with E-state index >= 15 is 0 Å². The van der Waals surface area contributed by atoms with E-state index in [1.54, 1.807) is 11.3 Å². The molecule has 0 aliphatic heterocycles. The van der Waals surface area contributed by atoms with E-state index < -0.39 is 0 Å². The van der Waals surface area contributed by atoms with Crippen LogP contribution in [0.15, 0.2) is 26.5 Å². The Kier molecular flexibility index (Phi) is 2.77. The van der Waals surface area contributed by atoms with Crippen LogP contribution in [0, 0.1) is 0 Å². The van der Waals surface area contributed by atoms with Crippen LogP contribution in [-0.4, -0.2) is 0 Å². The first-order chi connectivity index (χ1) is 6.24. The summed E-state index contributed by atoms with van der Waals surface area (Å²) >= 11 is 9.02. The molecule has 2 rings (SSSR count). The lowest BCUT2D eigenvalue weighted by Gasteiger charge is -2.05. The van der Waals surface area contributed by atoms with Gasteiger partial charge in [0.05, 0.1) is 0 Å². The maximum absolute atomic E-state index is 3.65. The molecule has 0 bridgehead atoms. The molecule has 0 saturated carbocycles. The van der Waals surface area contributed by atoms with Gasteiger partial charge in [0.1, 0.15) is 0 Å². The highest BCUT2D eigenvalue weighted by atomic mass is 79.9. The van der Waals surface area contributed by atoms with Gasteiger partial charge in [-0.15, -0.1) is 11.3 Å². The maximum Gasteiger partial charge on any atom is 0.0488 e. The molecular weight excluding hydrogens is 312 g/mol. The van der Waals surface area contributed by atoms with Crippen molar-refractivity contribution in [3.05, 3.63) is 32.0 Å². The van der Waals surface area contributed by atoms with Crippen molar-refractivity contribution < 1.29 is 0 Å². The van der Waals surface area contributed by atoms with E-state index in [9.17, 15) is 0 Å². The minimum absolute atomic E-state index is 1.05. The van der Waals surface area contributed by atoms with Gasteiger partial charge in [0.15, 0.2) is 0 Å². The second-order valence-electron chi connectivity index (χ2n) is 2.84. The van der Waals surface area contributed by atoms with E-state index in [1.807, 2.05) is 0 Å². The standard InChI is InChI=1S/C10H8Br2S/c1-2-7-8(11)5-6-3-4-13-10(6)9(7)12/h3-5H,2H2,1H3. The molecule has 0 radical (unpaired) electrons. The lowest BCUT2D eigenvalue weighted by molar-refractivity contribution is 1.12. The quantitative estimate of drug-likeness (QED) is 0.694. The van der Waals surface area contributed by atoms with Crippen LogP contribution in [0.2, 0.25) is 0 Å². The van der Waals surface area contributed by atoms with Crippen molar-refractivity contribution in [2.75, 3.05) is 0 Å². The van der Waals surface area contributed by atoms with Crippen LogP contribution < -0.4 is 0 Å². The molecule has 13 heavy (non-hydrogen) atoms. The molecule has 0 nitrogen and oxygen atoms in total. The van der Waals surface area contributed by atoms with Gasteiger partial charge in [-0.05, 0) is 50.8 Å². The predicted molar refractivity (Wildman–Crippen MR) is 66.6 cm³/mol. The molecule has 0 spiro atoms. The zero-order valence-electron chi connectivity index (χ0n) is 7.10. The Hall–Kier alpha value is 0.140. The average molecular weight is 320 g/mol. The highest BCUT2D eigenvalue weighted by molar-refractivity contribution is 9.11. The molecule has 1 aromatic carbocycles. The zero-order valence-corrected chi connectivity index (χ0v) is 11.1. The van der Waals surface area contributed by atoms with Crippen LogP contribution in [0.1, 0.15) is 12.5 Å². The molecule has 0 atom stereocenters. The fourth-order valence-electron chi connectivity index (χ4n) is 1.40. The SMILES string of the molecule is CCc1c(Br)cc2ccsc2c1Br. The molecule has 2 aromatic rings. The summed E-state index contributed by atoms with van der Waals surface area (Å²) in [5.41, 5.74) is 1.36. The molecule has 68 valence electrons. The summed E-state index contributed by atoms with van der Waals surface area (Å²) in [6.07, 6.45) is 1.05. The number of hydrogen-bond acceptors (Lipinski definition) is 1. The minimum Gasteiger partial charge on any atom is -0.143 e. The van der Waals surface area contributed by atoms with Gasteiger partial charge in [-0.3, -0.25) is 0 Å². The average Bonchev–Trinajstić information content (AvgIpc) is 2.53. The Bertz CT molecular complexity index is 445. The highest BCUT2D eigenvalue weighted by Crippen LogP contribution is 2.36. The molecule has 0 amide bonds. The van der Waals surface area contributed by atoms with Crippen LogP contribution in [0.4, 0.5) is 0 Å². The van der Waals surface area contributed by atoms with E-state index in [0.29, 0.717) is 0 Å². The molecule has 0 fully saturated rings. The first kappa shape index (κ1) is 9.69. The number of fused-ring (bicyclic) bond motifs is 1. The topological polar surface area (TPSA) is 0 Å². The number of rotatable bonds is 1. The van der Waals surface area contributed by atoms with E-state index in [4.69, 9.17) is 0 Å². The van der Waals surface area contributed by atoms with Crippen LogP contribution in [0.5, 0.6) is 0 Å². The summed E-state index contributed by atoms with van der Waals surface area (Å²) in [5.74, 6) is 0. The summed E-state index contributed by atoms with van der Waals surface area (Å²) in [7, 11) is 0. The summed E-state index contributed by atoms with van der Waals surface area (Å²) in [6.45, 7) is 2.17. The van der Waals surface area contributed by atoms with Gasteiger partial charge in [-0.25, -0.2) is 0 Å². The Balaban J connectivity index is 2.85. The van der Waals surface area contributed by atoms with Crippen LogP contribution in [0.25, 0.3) is 10.1 Å². The zero-order chi connectivity index (χ0) is 9.42. The second-order valence-corrected chi connectivity index (χ2v) is 5.41. The van der Waals surface area contributed by atoms with E-state index in [2.05, 4.69) is 56.3 Å². The third kappa shape index (κ3) is 1.58. The molecule has 1 aromatic heterocycles. The van der Waals surface area contributed by atoms with Crippen molar-refractivity contribution in [3.63, 3.8) is 0 Å². The fraction of sp³-hybridized carbons (Fsp3) is 0.200. The van der Waals surface area contributed by atoms with Crippen molar-refractivity contribution in [3.8, 4) is 0 Å². The molecule has 0 saturated heterocycles. The molecule has 0 aliphatic carbocycles. The predicted octanol–water partition coefficient (Wildman–Crippen LogP) is 4.99. The van der Waals surface area contributed by atoms with Crippen molar-refractivity contribution in [2.24, 2.45) is 0 Å². The maximum atomic E-state index is 3.65. The minimum atomic E-state index is 1.05. The third-order valence-corrected chi connectivity index (χ3v) is 4.88. The van der Waals surface area contributed by atoms with Crippen molar-refractivity contribution in [2.45, 2.75) is 13.3 Å². The van der Waals surface area contributed by atoms with Gasteiger partial charge in [0.2, 0.25) is 0 Å². The smallest absolute Gasteiger partial charge is 0.0488 e. The summed E-state index contributed by atoms with van der Waals surface area (Å²) in [4.78, 5) is 0. The van der Waals surface area contributed by atoms with Gasteiger partial charge in [0.25, 0.3) is 0 Å². The Labute approximate surface area is 98.2 Å². The van der Waals surface area contributed by atoms with E-state index in [0.717, 1.165) is 6.42 Å². The van der Waals surface area contributed by atoms with Crippen LogP contribution >= 0.6 is 43.2 Å². The van der Waals surface area contributed by atoms with Crippen molar-refractivity contribution >= 4 is 53.3 Å². The third-order valence-electron chi connectivity index (χ3n) is 2.08. The lowest BCUT2D eigenvalue weighted by Crippen LogP contribution is -1.84. The second kappa shape index (κ2) is 3.71. The summed E-state index contributed by atoms with van der Waals surface area (Å²) in [6, 6.07) is 4.34. The largest absolute Gasteiger partial charge is 0.143 e. The fourth-order valence-corrected chi connectivity index (χ4v) is 4.24. The molecule has 0 N–H and O–H groups in total.